The summed E-state index contributed by atoms with van der Waals surface area (Å²) in [5, 5.41) is 0. The topological polar surface area (TPSA) is 17.1 Å². The monoisotopic (exact) mass is 246 g/mol. The molecule has 0 bridgehead atoms. The van der Waals surface area contributed by atoms with Crippen molar-refractivity contribution in [2.75, 3.05) is 0 Å². The van der Waals surface area contributed by atoms with E-state index in [2.05, 4.69) is 19.1 Å². The maximum absolute atomic E-state index is 11.4. The highest BCUT2D eigenvalue weighted by molar-refractivity contribution is 5.95. The van der Waals surface area contributed by atoms with E-state index in [4.69, 9.17) is 0 Å². The van der Waals surface area contributed by atoms with Crippen LogP contribution < -0.4 is 0 Å². The standard InChI is InChI=1S/C16H22O.CH4/c1-12-11-15(9-10-16(12)13(2)17)14-7-5-3-4-6-8-14;/h9-11,14H,3-8H2,1-2H3;1H4. The van der Waals surface area contributed by atoms with Gasteiger partial charge in [-0.1, -0.05) is 51.3 Å². The normalized spacial score (nSPS) is 16.8. The molecule has 0 atom stereocenters. The van der Waals surface area contributed by atoms with Crippen LogP contribution in [-0.4, -0.2) is 5.78 Å². The van der Waals surface area contributed by atoms with Crippen molar-refractivity contribution in [3.05, 3.63) is 34.9 Å². The first-order valence-corrected chi connectivity index (χ1v) is 6.80. The van der Waals surface area contributed by atoms with Crippen LogP contribution in [0.1, 0.15) is 80.3 Å². The van der Waals surface area contributed by atoms with Gasteiger partial charge < -0.3 is 0 Å². The molecule has 1 aromatic carbocycles. The average molecular weight is 246 g/mol. The molecule has 1 aromatic rings. The molecule has 0 aromatic heterocycles. The van der Waals surface area contributed by atoms with Crippen molar-refractivity contribution in [1.29, 1.82) is 0 Å². The number of aryl methyl sites for hydroxylation is 1. The zero-order chi connectivity index (χ0) is 12.3. The zero-order valence-corrected chi connectivity index (χ0v) is 11.0. The number of ketones is 1. The average Bonchev–Trinajstić information content (AvgIpc) is 2.56. The van der Waals surface area contributed by atoms with E-state index in [1.165, 1.54) is 44.1 Å². The number of hydrogen-bond acceptors (Lipinski definition) is 1. The van der Waals surface area contributed by atoms with E-state index >= 15 is 0 Å². The summed E-state index contributed by atoms with van der Waals surface area (Å²) < 4.78 is 0. The Kier molecular flexibility index (Phi) is 5.58. The van der Waals surface area contributed by atoms with Crippen LogP contribution in [0.25, 0.3) is 0 Å². The second-order valence-electron chi connectivity index (χ2n) is 5.32. The predicted molar refractivity (Wildman–Crippen MR) is 78.4 cm³/mol. The molecule has 18 heavy (non-hydrogen) atoms. The second kappa shape index (κ2) is 6.72. The van der Waals surface area contributed by atoms with E-state index in [1.54, 1.807) is 6.92 Å². The third-order valence-corrected chi connectivity index (χ3v) is 3.96. The van der Waals surface area contributed by atoms with Crippen molar-refractivity contribution >= 4 is 5.78 Å². The Bertz CT molecular complexity index is 398. The van der Waals surface area contributed by atoms with E-state index < -0.39 is 0 Å². The summed E-state index contributed by atoms with van der Waals surface area (Å²) in [6.45, 7) is 3.70. The van der Waals surface area contributed by atoms with Gasteiger partial charge in [-0.25, -0.2) is 0 Å². The van der Waals surface area contributed by atoms with Crippen LogP contribution in [0, 0.1) is 6.92 Å². The Balaban J connectivity index is 0.00000162. The number of benzene rings is 1. The van der Waals surface area contributed by atoms with E-state index in [0.29, 0.717) is 0 Å². The zero-order valence-electron chi connectivity index (χ0n) is 11.0. The SMILES string of the molecule is C.CC(=O)c1ccc(C2CCCCCC2)cc1C. The van der Waals surface area contributed by atoms with E-state index in [9.17, 15) is 4.79 Å². The van der Waals surface area contributed by atoms with Crippen molar-refractivity contribution in [2.24, 2.45) is 0 Å². The maximum atomic E-state index is 11.4. The summed E-state index contributed by atoms with van der Waals surface area (Å²) in [7, 11) is 0. The van der Waals surface area contributed by atoms with Gasteiger partial charge in [0.05, 0.1) is 0 Å². The van der Waals surface area contributed by atoms with Gasteiger partial charge in [0.1, 0.15) is 0 Å². The maximum Gasteiger partial charge on any atom is 0.160 e. The molecule has 0 saturated heterocycles. The highest BCUT2D eigenvalue weighted by Crippen LogP contribution is 2.32. The first-order chi connectivity index (χ1) is 8.18. The van der Waals surface area contributed by atoms with Gasteiger partial charge in [-0.2, -0.15) is 0 Å². The molecule has 0 aliphatic heterocycles. The number of carbonyl (C=O) groups is 1. The molecule has 0 unspecified atom stereocenters. The molecule has 0 spiro atoms. The van der Waals surface area contributed by atoms with E-state index in [0.717, 1.165) is 17.0 Å². The number of Topliss-reactive ketones (excluding diaryl/α,β-unsaturated/α-hetero) is 1. The fourth-order valence-electron chi connectivity index (χ4n) is 2.95. The highest BCUT2D eigenvalue weighted by atomic mass is 16.1. The van der Waals surface area contributed by atoms with E-state index in [1.807, 2.05) is 6.07 Å². The summed E-state index contributed by atoms with van der Waals surface area (Å²) in [6.07, 6.45) is 8.14. The third kappa shape index (κ3) is 3.44. The van der Waals surface area contributed by atoms with Crippen molar-refractivity contribution < 1.29 is 4.79 Å². The van der Waals surface area contributed by atoms with Crippen molar-refractivity contribution in [3.63, 3.8) is 0 Å². The van der Waals surface area contributed by atoms with Gasteiger partial charge in [-0.05, 0) is 43.7 Å². The molecule has 1 heteroatoms. The Morgan fingerprint density at radius 2 is 1.72 bits per heavy atom. The Labute approximate surface area is 112 Å². The van der Waals surface area contributed by atoms with Gasteiger partial charge in [0.2, 0.25) is 0 Å². The summed E-state index contributed by atoms with van der Waals surface area (Å²) in [5.41, 5.74) is 3.45. The van der Waals surface area contributed by atoms with Crippen molar-refractivity contribution in [1.82, 2.24) is 0 Å². The summed E-state index contributed by atoms with van der Waals surface area (Å²) in [4.78, 5) is 11.4. The van der Waals surface area contributed by atoms with Crippen LogP contribution >= 0.6 is 0 Å². The van der Waals surface area contributed by atoms with Gasteiger partial charge in [-0.15, -0.1) is 0 Å². The summed E-state index contributed by atoms with van der Waals surface area (Å²) in [5.74, 6) is 0.895. The summed E-state index contributed by atoms with van der Waals surface area (Å²) in [6, 6.07) is 6.41. The largest absolute Gasteiger partial charge is 0.295 e. The van der Waals surface area contributed by atoms with Gasteiger partial charge in [0, 0.05) is 5.56 Å². The molecule has 1 fully saturated rings. The molecular weight excluding hydrogens is 220 g/mol. The lowest BCUT2D eigenvalue weighted by molar-refractivity contribution is 0.101. The molecule has 1 aliphatic carbocycles. The van der Waals surface area contributed by atoms with Crippen LogP contribution in [0.4, 0.5) is 0 Å². The molecule has 0 radical (unpaired) electrons. The van der Waals surface area contributed by atoms with Crippen LogP contribution in [0.15, 0.2) is 18.2 Å². The quantitative estimate of drug-likeness (QED) is 0.513. The molecule has 2 rings (SSSR count). The minimum Gasteiger partial charge on any atom is -0.295 e. The van der Waals surface area contributed by atoms with Gasteiger partial charge >= 0.3 is 0 Å². The molecule has 0 amide bonds. The lowest BCUT2D eigenvalue weighted by atomic mass is 9.89. The molecule has 1 aliphatic rings. The van der Waals surface area contributed by atoms with Crippen LogP contribution in [0.3, 0.4) is 0 Å². The van der Waals surface area contributed by atoms with E-state index in [-0.39, 0.29) is 13.2 Å². The summed E-state index contributed by atoms with van der Waals surface area (Å²) >= 11 is 0. The third-order valence-electron chi connectivity index (χ3n) is 3.96. The second-order valence-corrected chi connectivity index (χ2v) is 5.32. The first-order valence-electron chi connectivity index (χ1n) is 6.80. The Hall–Kier alpha value is -1.11. The number of rotatable bonds is 2. The Morgan fingerprint density at radius 3 is 2.22 bits per heavy atom. The van der Waals surface area contributed by atoms with Crippen LogP contribution in [-0.2, 0) is 0 Å². The molecule has 100 valence electrons. The van der Waals surface area contributed by atoms with Gasteiger partial charge in [-0.3, -0.25) is 4.79 Å². The first kappa shape index (κ1) is 14.9. The number of hydrogen-bond donors (Lipinski definition) is 0. The molecular formula is C17H26O. The molecule has 0 heterocycles. The Morgan fingerprint density at radius 1 is 1.11 bits per heavy atom. The minimum atomic E-state index is 0. The molecule has 1 saturated carbocycles. The van der Waals surface area contributed by atoms with Gasteiger partial charge in [0.25, 0.3) is 0 Å². The molecule has 1 nitrogen and oxygen atoms in total. The van der Waals surface area contributed by atoms with Crippen molar-refractivity contribution in [2.45, 2.75) is 65.7 Å². The molecule has 0 N–H and O–H groups in total. The smallest absolute Gasteiger partial charge is 0.160 e. The minimum absolute atomic E-state index is 0. The fourth-order valence-corrected chi connectivity index (χ4v) is 2.95. The highest BCUT2D eigenvalue weighted by Gasteiger charge is 2.15. The number of carbonyl (C=O) groups excluding carboxylic acids is 1. The van der Waals surface area contributed by atoms with Crippen LogP contribution in [0.5, 0.6) is 0 Å². The van der Waals surface area contributed by atoms with Crippen molar-refractivity contribution in [3.8, 4) is 0 Å². The lowest BCUT2D eigenvalue weighted by Gasteiger charge is -2.16. The van der Waals surface area contributed by atoms with Gasteiger partial charge in [0.15, 0.2) is 5.78 Å². The van der Waals surface area contributed by atoms with Crippen LogP contribution in [0.2, 0.25) is 0 Å². The fraction of sp³-hybridized carbons (Fsp3) is 0.588. The lowest BCUT2D eigenvalue weighted by Crippen LogP contribution is -2.01. The predicted octanol–water partition coefficient (Wildman–Crippen LogP) is 5.27.